The fraction of sp³-hybridized carbons (Fsp3) is 0.538. The monoisotopic (exact) mass is 249 g/mol. The van der Waals surface area contributed by atoms with Crippen LogP contribution in [0, 0.1) is 0 Å². The van der Waals surface area contributed by atoms with Crippen molar-refractivity contribution in [2.24, 2.45) is 5.73 Å². The normalized spacial score (nSPS) is 22.6. The summed E-state index contributed by atoms with van der Waals surface area (Å²) < 4.78 is 0. The molecule has 0 spiro atoms. The van der Waals surface area contributed by atoms with Gasteiger partial charge in [0, 0.05) is 18.8 Å². The molecule has 1 aromatic heterocycles. The molecule has 1 unspecified atom stereocenters. The number of carbonyl (C=O) groups is 1. The van der Waals surface area contributed by atoms with Crippen molar-refractivity contribution in [3.63, 3.8) is 0 Å². The van der Waals surface area contributed by atoms with Crippen molar-refractivity contribution >= 4 is 5.91 Å². The molecule has 1 saturated heterocycles. The van der Waals surface area contributed by atoms with Gasteiger partial charge in [0.15, 0.2) is 0 Å². The Morgan fingerprint density at radius 3 is 2.94 bits per heavy atom. The number of amides is 1. The molecule has 5 nitrogen and oxygen atoms in total. The average molecular weight is 249 g/mol. The fourth-order valence-electron chi connectivity index (χ4n) is 2.49. The van der Waals surface area contributed by atoms with Crippen LogP contribution in [0.4, 0.5) is 0 Å². The number of nitrogens with one attached hydrogen (secondary N) is 1. The van der Waals surface area contributed by atoms with Gasteiger partial charge in [0.25, 0.3) is 0 Å². The SMILES string of the molecule is CC(C(N)=O)N1CCC[C@@H](c2ccc(=O)[nH]c2)C1. The van der Waals surface area contributed by atoms with Crippen LogP contribution in [0.3, 0.4) is 0 Å². The van der Waals surface area contributed by atoms with Gasteiger partial charge in [0.1, 0.15) is 0 Å². The van der Waals surface area contributed by atoms with Gasteiger partial charge in [0.2, 0.25) is 11.5 Å². The second-order valence-corrected chi connectivity index (χ2v) is 4.90. The van der Waals surface area contributed by atoms with Crippen molar-refractivity contribution in [3.05, 3.63) is 34.2 Å². The van der Waals surface area contributed by atoms with Gasteiger partial charge in [-0.1, -0.05) is 6.07 Å². The molecule has 2 rings (SSSR count). The Labute approximate surface area is 106 Å². The van der Waals surface area contributed by atoms with Crippen LogP contribution >= 0.6 is 0 Å². The van der Waals surface area contributed by atoms with Crippen LogP contribution < -0.4 is 11.3 Å². The summed E-state index contributed by atoms with van der Waals surface area (Å²) in [5.41, 5.74) is 6.38. The van der Waals surface area contributed by atoms with Crippen molar-refractivity contribution in [2.75, 3.05) is 13.1 Å². The molecule has 0 saturated carbocycles. The highest BCUT2D eigenvalue weighted by Crippen LogP contribution is 2.26. The molecule has 1 fully saturated rings. The summed E-state index contributed by atoms with van der Waals surface area (Å²) in [4.78, 5) is 27.1. The van der Waals surface area contributed by atoms with Gasteiger partial charge in [-0.2, -0.15) is 0 Å². The number of carbonyl (C=O) groups excluding carboxylic acids is 1. The number of nitrogens with two attached hydrogens (primary N) is 1. The fourth-order valence-corrected chi connectivity index (χ4v) is 2.49. The summed E-state index contributed by atoms with van der Waals surface area (Å²) in [6.45, 7) is 3.57. The summed E-state index contributed by atoms with van der Waals surface area (Å²) in [5, 5.41) is 0. The van der Waals surface area contributed by atoms with Crippen LogP contribution in [0.15, 0.2) is 23.1 Å². The predicted molar refractivity (Wildman–Crippen MR) is 69.3 cm³/mol. The van der Waals surface area contributed by atoms with Gasteiger partial charge in [0.05, 0.1) is 6.04 Å². The maximum Gasteiger partial charge on any atom is 0.247 e. The van der Waals surface area contributed by atoms with Crippen LogP contribution in [0.25, 0.3) is 0 Å². The first-order valence-electron chi connectivity index (χ1n) is 6.30. The minimum atomic E-state index is -0.280. The lowest BCUT2D eigenvalue weighted by molar-refractivity contribution is -0.123. The lowest BCUT2D eigenvalue weighted by atomic mass is 9.91. The zero-order valence-electron chi connectivity index (χ0n) is 10.6. The predicted octanol–water partition coefficient (Wildman–Crippen LogP) is 0.428. The number of H-pyrrole nitrogens is 1. The Balaban J connectivity index is 2.09. The van der Waals surface area contributed by atoms with E-state index in [9.17, 15) is 9.59 Å². The highest BCUT2D eigenvalue weighted by molar-refractivity contribution is 5.79. The van der Waals surface area contributed by atoms with E-state index in [2.05, 4.69) is 9.88 Å². The molecule has 1 aliphatic rings. The molecule has 2 atom stereocenters. The van der Waals surface area contributed by atoms with Crippen molar-refractivity contribution < 1.29 is 4.79 Å². The first kappa shape index (κ1) is 12.8. The number of nitrogens with zero attached hydrogens (tertiary/aromatic N) is 1. The smallest absolute Gasteiger partial charge is 0.247 e. The van der Waals surface area contributed by atoms with E-state index in [0.717, 1.165) is 31.5 Å². The molecule has 98 valence electrons. The van der Waals surface area contributed by atoms with Crippen LogP contribution in [0.2, 0.25) is 0 Å². The molecule has 1 aliphatic heterocycles. The maximum absolute atomic E-state index is 11.2. The van der Waals surface area contributed by atoms with E-state index in [1.807, 2.05) is 13.0 Å². The van der Waals surface area contributed by atoms with Crippen molar-refractivity contribution in [1.29, 1.82) is 0 Å². The molecule has 0 aliphatic carbocycles. The number of hydrogen-bond donors (Lipinski definition) is 2. The van der Waals surface area contributed by atoms with E-state index in [-0.39, 0.29) is 17.5 Å². The quantitative estimate of drug-likeness (QED) is 0.815. The number of primary amides is 1. The highest BCUT2D eigenvalue weighted by Gasteiger charge is 2.26. The molecule has 0 radical (unpaired) electrons. The Morgan fingerprint density at radius 1 is 1.56 bits per heavy atom. The van der Waals surface area contributed by atoms with Crippen LogP contribution in [0.1, 0.15) is 31.2 Å². The van der Waals surface area contributed by atoms with Gasteiger partial charge in [-0.05, 0) is 37.8 Å². The van der Waals surface area contributed by atoms with Crippen molar-refractivity contribution in [1.82, 2.24) is 9.88 Å². The third-order valence-electron chi connectivity index (χ3n) is 3.69. The summed E-state index contributed by atoms with van der Waals surface area (Å²) in [6, 6.07) is 3.18. The van der Waals surface area contributed by atoms with Gasteiger partial charge >= 0.3 is 0 Å². The molecule has 18 heavy (non-hydrogen) atoms. The molecule has 2 heterocycles. The van der Waals surface area contributed by atoms with E-state index in [0.29, 0.717) is 5.92 Å². The van der Waals surface area contributed by atoms with Crippen LogP contribution in [-0.4, -0.2) is 34.9 Å². The molecular weight excluding hydrogens is 230 g/mol. The molecule has 0 aromatic carbocycles. The molecule has 1 aromatic rings. The molecule has 5 heteroatoms. The molecule has 3 N–H and O–H groups in total. The largest absolute Gasteiger partial charge is 0.368 e. The number of piperidine rings is 1. The van der Waals surface area contributed by atoms with Gasteiger partial charge in [-0.3, -0.25) is 14.5 Å². The lowest BCUT2D eigenvalue weighted by Gasteiger charge is -2.35. The van der Waals surface area contributed by atoms with Crippen LogP contribution in [0.5, 0.6) is 0 Å². The number of aromatic amines is 1. The number of aromatic nitrogens is 1. The zero-order chi connectivity index (χ0) is 13.1. The number of pyridine rings is 1. The van der Waals surface area contributed by atoms with Gasteiger partial charge in [-0.25, -0.2) is 0 Å². The molecule has 0 bridgehead atoms. The van der Waals surface area contributed by atoms with Crippen molar-refractivity contribution in [2.45, 2.75) is 31.7 Å². The maximum atomic E-state index is 11.2. The molecular formula is C13H19N3O2. The number of hydrogen-bond acceptors (Lipinski definition) is 3. The first-order valence-corrected chi connectivity index (χ1v) is 6.30. The van der Waals surface area contributed by atoms with Gasteiger partial charge < -0.3 is 10.7 Å². The van der Waals surface area contributed by atoms with Gasteiger partial charge in [-0.15, -0.1) is 0 Å². The van der Waals surface area contributed by atoms with E-state index >= 15 is 0 Å². The highest BCUT2D eigenvalue weighted by atomic mass is 16.1. The standard InChI is InChI=1S/C13H19N3O2/c1-9(13(14)18)16-6-2-3-11(8-16)10-4-5-12(17)15-7-10/h4-5,7,9,11H,2-3,6,8H2,1H3,(H2,14,18)(H,15,17)/t9?,11-/m1/s1. The van der Waals surface area contributed by atoms with E-state index < -0.39 is 0 Å². The third kappa shape index (κ3) is 2.79. The van der Waals surface area contributed by atoms with E-state index in [1.165, 1.54) is 0 Å². The summed E-state index contributed by atoms with van der Waals surface area (Å²) in [7, 11) is 0. The summed E-state index contributed by atoms with van der Waals surface area (Å²) in [5.74, 6) is 0.0783. The number of likely N-dealkylation sites (tertiary alicyclic amines) is 1. The third-order valence-corrected chi connectivity index (χ3v) is 3.69. The van der Waals surface area contributed by atoms with Crippen LogP contribution in [-0.2, 0) is 4.79 Å². The Kier molecular flexibility index (Phi) is 3.81. The second kappa shape index (κ2) is 5.35. The lowest BCUT2D eigenvalue weighted by Crippen LogP contribution is -2.47. The van der Waals surface area contributed by atoms with E-state index in [1.54, 1.807) is 12.3 Å². The topological polar surface area (TPSA) is 79.2 Å². The zero-order valence-corrected chi connectivity index (χ0v) is 10.6. The Bertz CT molecular complexity index is 463. The average Bonchev–Trinajstić information content (AvgIpc) is 2.38. The Morgan fingerprint density at radius 2 is 2.33 bits per heavy atom. The second-order valence-electron chi connectivity index (χ2n) is 4.90. The van der Waals surface area contributed by atoms with Crippen molar-refractivity contribution in [3.8, 4) is 0 Å². The minimum absolute atomic E-state index is 0.0862. The first-order chi connectivity index (χ1) is 8.58. The summed E-state index contributed by atoms with van der Waals surface area (Å²) in [6.07, 6.45) is 3.89. The van der Waals surface area contributed by atoms with E-state index in [4.69, 9.17) is 5.73 Å². The Hall–Kier alpha value is -1.62. The summed E-state index contributed by atoms with van der Waals surface area (Å²) >= 11 is 0. The minimum Gasteiger partial charge on any atom is -0.368 e. The number of rotatable bonds is 3. The molecule has 1 amide bonds.